The van der Waals surface area contributed by atoms with Crippen molar-refractivity contribution in [2.45, 2.75) is 46.2 Å². The highest BCUT2D eigenvalue weighted by Gasteiger charge is 2.26. The fourth-order valence-corrected chi connectivity index (χ4v) is 3.53. The molecule has 1 aliphatic heterocycles. The van der Waals surface area contributed by atoms with Crippen molar-refractivity contribution in [2.24, 2.45) is 5.92 Å². The number of nitrogens with zero attached hydrogens (tertiary/aromatic N) is 4. The van der Waals surface area contributed by atoms with Gasteiger partial charge in [0.1, 0.15) is 4.88 Å². The van der Waals surface area contributed by atoms with Gasteiger partial charge in [-0.25, -0.2) is 0 Å². The molecule has 1 unspecified atom stereocenters. The van der Waals surface area contributed by atoms with Crippen LogP contribution in [0.25, 0.3) is 0 Å². The predicted molar refractivity (Wildman–Crippen MR) is 93.6 cm³/mol. The van der Waals surface area contributed by atoms with Gasteiger partial charge < -0.3 is 10.6 Å². The van der Waals surface area contributed by atoms with Crippen LogP contribution in [0.1, 0.15) is 51.7 Å². The number of rotatable bonds is 5. The standard InChI is InChI=1S/C16H22N6O2S/c1-9(2)19-15(23)12-8-18-22-5-4-11(6-13(12)22)7-17-16(24)14-10(3)20-21-25-14/h8-9,11H,4-7H2,1-3H3,(H,17,24)(H,19,23). The number of aryl methyl sites for hydroxylation is 2. The zero-order chi connectivity index (χ0) is 18.0. The molecule has 0 radical (unpaired) electrons. The maximum Gasteiger partial charge on any atom is 0.264 e. The highest BCUT2D eigenvalue weighted by Crippen LogP contribution is 2.23. The SMILES string of the molecule is Cc1nnsc1C(=O)NCC1CCn2ncc(C(=O)NC(C)C)c2C1. The van der Waals surface area contributed by atoms with Gasteiger partial charge >= 0.3 is 0 Å². The first-order valence-corrected chi connectivity index (χ1v) is 9.15. The van der Waals surface area contributed by atoms with Crippen molar-refractivity contribution in [3.8, 4) is 0 Å². The molecule has 2 aromatic rings. The maximum absolute atomic E-state index is 12.3. The fraction of sp³-hybridized carbons (Fsp3) is 0.562. The van der Waals surface area contributed by atoms with Gasteiger partial charge in [-0.3, -0.25) is 14.3 Å². The van der Waals surface area contributed by atoms with E-state index in [0.717, 1.165) is 36.6 Å². The second-order valence-corrected chi connectivity index (χ2v) is 7.37. The highest BCUT2D eigenvalue weighted by atomic mass is 32.1. The summed E-state index contributed by atoms with van der Waals surface area (Å²) >= 11 is 1.11. The molecule has 0 aromatic carbocycles. The number of amides is 2. The molecule has 0 bridgehead atoms. The van der Waals surface area contributed by atoms with Crippen LogP contribution in [-0.4, -0.2) is 43.8 Å². The Kier molecular flexibility index (Phi) is 5.12. The lowest BCUT2D eigenvalue weighted by Crippen LogP contribution is -2.35. The van der Waals surface area contributed by atoms with E-state index in [0.29, 0.717) is 22.7 Å². The van der Waals surface area contributed by atoms with E-state index in [1.54, 1.807) is 13.1 Å². The van der Waals surface area contributed by atoms with Crippen molar-refractivity contribution in [3.05, 3.63) is 28.0 Å². The van der Waals surface area contributed by atoms with Gasteiger partial charge in [-0.1, -0.05) is 4.49 Å². The van der Waals surface area contributed by atoms with E-state index in [1.807, 2.05) is 18.5 Å². The largest absolute Gasteiger partial charge is 0.351 e. The molecule has 2 amide bonds. The van der Waals surface area contributed by atoms with Crippen LogP contribution in [0, 0.1) is 12.8 Å². The van der Waals surface area contributed by atoms with Gasteiger partial charge in [-0.2, -0.15) is 5.10 Å². The van der Waals surface area contributed by atoms with E-state index < -0.39 is 0 Å². The first-order valence-electron chi connectivity index (χ1n) is 8.38. The molecule has 1 aliphatic rings. The van der Waals surface area contributed by atoms with Crippen molar-refractivity contribution < 1.29 is 9.59 Å². The summed E-state index contributed by atoms with van der Waals surface area (Å²) in [6.07, 6.45) is 3.28. The van der Waals surface area contributed by atoms with Gasteiger partial charge in [0.2, 0.25) is 0 Å². The van der Waals surface area contributed by atoms with E-state index in [-0.39, 0.29) is 23.8 Å². The third-order valence-electron chi connectivity index (χ3n) is 4.25. The summed E-state index contributed by atoms with van der Waals surface area (Å²) in [7, 11) is 0. The minimum atomic E-state index is -0.135. The molecule has 2 N–H and O–H groups in total. The quantitative estimate of drug-likeness (QED) is 0.831. The summed E-state index contributed by atoms with van der Waals surface area (Å²) in [6.45, 7) is 6.96. The lowest BCUT2D eigenvalue weighted by molar-refractivity contribution is 0.0931. The molecule has 25 heavy (non-hydrogen) atoms. The normalized spacial score (nSPS) is 16.6. The number of hydrogen-bond acceptors (Lipinski definition) is 6. The van der Waals surface area contributed by atoms with Gasteiger partial charge in [0.25, 0.3) is 11.8 Å². The summed E-state index contributed by atoms with van der Waals surface area (Å²) in [5.74, 6) is 0.0524. The zero-order valence-corrected chi connectivity index (χ0v) is 15.4. The molecule has 8 nitrogen and oxygen atoms in total. The molecule has 134 valence electrons. The van der Waals surface area contributed by atoms with Crippen LogP contribution in [0.2, 0.25) is 0 Å². The molecule has 0 saturated heterocycles. The average molecular weight is 362 g/mol. The van der Waals surface area contributed by atoms with E-state index in [1.165, 1.54) is 0 Å². The number of nitrogens with one attached hydrogen (secondary N) is 2. The van der Waals surface area contributed by atoms with Crippen molar-refractivity contribution in [1.82, 2.24) is 30.0 Å². The predicted octanol–water partition coefficient (Wildman–Crippen LogP) is 1.17. The van der Waals surface area contributed by atoms with Crippen LogP contribution < -0.4 is 10.6 Å². The van der Waals surface area contributed by atoms with Gasteiger partial charge in [-0.15, -0.1) is 5.10 Å². The van der Waals surface area contributed by atoms with Crippen LogP contribution in [0.3, 0.4) is 0 Å². The third-order valence-corrected chi connectivity index (χ3v) is 5.08. The Bertz CT molecular complexity index is 781. The second kappa shape index (κ2) is 7.30. The molecular formula is C16H22N6O2S. The number of carbonyl (C=O) groups is 2. The molecular weight excluding hydrogens is 340 g/mol. The Labute approximate surface area is 150 Å². The topological polar surface area (TPSA) is 102 Å². The van der Waals surface area contributed by atoms with Crippen molar-refractivity contribution in [2.75, 3.05) is 6.54 Å². The lowest BCUT2D eigenvalue weighted by Gasteiger charge is -2.24. The molecule has 2 aromatic heterocycles. The number of carbonyl (C=O) groups excluding carboxylic acids is 2. The van der Waals surface area contributed by atoms with E-state index >= 15 is 0 Å². The summed E-state index contributed by atoms with van der Waals surface area (Å²) in [4.78, 5) is 25.1. The summed E-state index contributed by atoms with van der Waals surface area (Å²) in [6, 6.07) is 0.0815. The van der Waals surface area contributed by atoms with E-state index in [4.69, 9.17) is 0 Å². The van der Waals surface area contributed by atoms with Crippen LogP contribution >= 0.6 is 11.5 Å². The molecule has 0 fully saturated rings. The molecule has 9 heteroatoms. The van der Waals surface area contributed by atoms with Gasteiger partial charge in [0.15, 0.2) is 0 Å². The summed E-state index contributed by atoms with van der Waals surface area (Å²) < 4.78 is 5.68. The Balaban J connectivity index is 1.63. The molecule has 3 heterocycles. The minimum absolute atomic E-state index is 0.0815. The van der Waals surface area contributed by atoms with Crippen LogP contribution in [0.4, 0.5) is 0 Å². The van der Waals surface area contributed by atoms with Crippen molar-refractivity contribution in [3.63, 3.8) is 0 Å². The second-order valence-electron chi connectivity index (χ2n) is 6.61. The smallest absolute Gasteiger partial charge is 0.264 e. The Morgan fingerprint density at radius 1 is 1.40 bits per heavy atom. The summed E-state index contributed by atoms with van der Waals surface area (Å²) in [5, 5.41) is 14.1. The highest BCUT2D eigenvalue weighted by molar-refractivity contribution is 7.07. The number of hydrogen-bond donors (Lipinski definition) is 2. The van der Waals surface area contributed by atoms with E-state index in [2.05, 4.69) is 25.3 Å². The third kappa shape index (κ3) is 3.87. The van der Waals surface area contributed by atoms with Gasteiger partial charge in [0, 0.05) is 19.1 Å². The molecule has 3 rings (SSSR count). The fourth-order valence-electron chi connectivity index (χ4n) is 2.96. The number of fused-ring (bicyclic) bond motifs is 1. The van der Waals surface area contributed by atoms with Crippen molar-refractivity contribution in [1.29, 1.82) is 0 Å². The Morgan fingerprint density at radius 2 is 2.20 bits per heavy atom. The van der Waals surface area contributed by atoms with Crippen LogP contribution in [0.15, 0.2) is 6.20 Å². The monoisotopic (exact) mass is 362 g/mol. The van der Waals surface area contributed by atoms with Gasteiger partial charge in [0.05, 0.1) is 23.1 Å². The summed E-state index contributed by atoms with van der Waals surface area (Å²) in [5.41, 5.74) is 2.23. The molecule has 0 saturated carbocycles. The Hall–Kier alpha value is -2.29. The van der Waals surface area contributed by atoms with Crippen LogP contribution in [0.5, 0.6) is 0 Å². The van der Waals surface area contributed by atoms with Gasteiger partial charge in [-0.05, 0) is 51.1 Å². The first-order chi connectivity index (χ1) is 12.0. The first kappa shape index (κ1) is 17.5. The number of aromatic nitrogens is 4. The minimum Gasteiger partial charge on any atom is -0.351 e. The van der Waals surface area contributed by atoms with Crippen molar-refractivity contribution >= 4 is 23.3 Å². The average Bonchev–Trinajstić information content (AvgIpc) is 3.17. The Morgan fingerprint density at radius 3 is 2.88 bits per heavy atom. The zero-order valence-electron chi connectivity index (χ0n) is 14.6. The van der Waals surface area contributed by atoms with Crippen LogP contribution in [-0.2, 0) is 13.0 Å². The van der Waals surface area contributed by atoms with E-state index in [9.17, 15) is 9.59 Å². The molecule has 0 spiro atoms. The maximum atomic E-state index is 12.3. The lowest BCUT2D eigenvalue weighted by atomic mass is 9.94. The molecule has 1 atom stereocenters. The molecule has 0 aliphatic carbocycles.